The quantitative estimate of drug-likeness (QED) is 0.273. The third-order valence-electron chi connectivity index (χ3n) is 4.79. The summed E-state index contributed by atoms with van der Waals surface area (Å²) in [4.78, 5) is 38.4. The number of nitrogens with zero attached hydrogens (tertiary/aromatic N) is 2. The van der Waals surface area contributed by atoms with Crippen LogP contribution in [0.15, 0.2) is 89.7 Å². The Bertz CT molecular complexity index is 1220. The normalized spacial score (nSPS) is 11.2. The number of amides is 2. The fourth-order valence-corrected chi connectivity index (χ4v) is 2.92. The number of anilines is 1. The van der Waals surface area contributed by atoms with Crippen molar-refractivity contribution in [3.63, 3.8) is 0 Å². The molecular formula is C26H24N4O4. The molecule has 0 saturated carbocycles. The van der Waals surface area contributed by atoms with Gasteiger partial charge in [-0.1, -0.05) is 42.5 Å². The van der Waals surface area contributed by atoms with E-state index >= 15 is 0 Å². The molecule has 0 atom stereocenters. The van der Waals surface area contributed by atoms with Gasteiger partial charge in [0.15, 0.2) is 0 Å². The molecule has 3 rings (SSSR count). The molecule has 8 nitrogen and oxygen atoms in total. The van der Waals surface area contributed by atoms with Crippen molar-refractivity contribution in [2.24, 2.45) is 5.10 Å². The molecule has 0 heterocycles. The number of hydrazone groups is 1. The van der Waals surface area contributed by atoms with Crippen LogP contribution in [0, 0.1) is 0 Å². The number of nitrogens with one attached hydrogen (secondary N) is 2. The average molecular weight is 457 g/mol. The first-order valence-corrected chi connectivity index (χ1v) is 10.4. The average Bonchev–Trinajstić information content (AvgIpc) is 2.84. The van der Waals surface area contributed by atoms with Gasteiger partial charge in [-0.05, 0) is 53.6 Å². The van der Waals surface area contributed by atoms with Crippen LogP contribution in [0.1, 0.15) is 31.8 Å². The second-order valence-corrected chi connectivity index (χ2v) is 7.49. The van der Waals surface area contributed by atoms with E-state index in [9.17, 15) is 14.4 Å². The second kappa shape index (κ2) is 11.2. The van der Waals surface area contributed by atoms with Gasteiger partial charge in [0.25, 0.3) is 11.8 Å². The van der Waals surface area contributed by atoms with E-state index in [4.69, 9.17) is 5.11 Å². The molecule has 3 N–H and O–H groups in total. The van der Waals surface area contributed by atoms with Crippen LogP contribution in [0.5, 0.6) is 0 Å². The number of carboxylic acid groups (broad SMARTS) is 1. The Morgan fingerprint density at radius 1 is 0.824 bits per heavy atom. The van der Waals surface area contributed by atoms with E-state index in [1.165, 1.54) is 18.3 Å². The number of carboxylic acids is 1. The number of aromatic carboxylic acids is 1. The molecule has 0 spiro atoms. The van der Waals surface area contributed by atoms with E-state index in [1.807, 2.05) is 43.3 Å². The Morgan fingerprint density at radius 3 is 2.03 bits per heavy atom. The molecule has 0 aliphatic carbocycles. The predicted octanol–water partition coefficient (Wildman–Crippen LogP) is 3.37. The fourth-order valence-electron chi connectivity index (χ4n) is 2.92. The van der Waals surface area contributed by atoms with E-state index in [1.54, 1.807) is 48.5 Å². The minimum absolute atomic E-state index is 0.0184. The maximum atomic E-state index is 12.8. The molecule has 0 aromatic heterocycles. The molecule has 8 heteroatoms. The summed E-state index contributed by atoms with van der Waals surface area (Å²) in [7, 11) is 3.86. The van der Waals surface area contributed by atoms with Gasteiger partial charge >= 0.3 is 5.97 Å². The SMILES string of the molecule is CN(C)c1ccc(C=C(NC(=O)c2ccccc2)C(=O)NN=Cc2ccc(C(=O)O)cc2)cc1. The molecule has 0 saturated heterocycles. The lowest BCUT2D eigenvalue weighted by Gasteiger charge is -2.12. The van der Waals surface area contributed by atoms with Crippen molar-refractivity contribution in [1.82, 2.24) is 10.7 Å². The van der Waals surface area contributed by atoms with Crippen molar-refractivity contribution >= 4 is 35.8 Å². The van der Waals surface area contributed by atoms with Crippen LogP contribution >= 0.6 is 0 Å². The highest BCUT2D eigenvalue weighted by molar-refractivity contribution is 6.05. The minimum Gasteiger partial charge on any atom is -0.478 e. The molecule has 0 aliphatic heterocycles. The van der Waals surface area contributed by atoms with Crippen molar-refractivity contribution in [3.8, 4) is 0 Å². The van der Waals surface area contributed by atoms with Crippen LogP contribution in [0.3, 0.4) is 0 Å². The first-order chi connectivity index (χ1) is 16.3. The number of hydrogen-bond acceptors (Lipinski definition) is 5. The van der Waals surface area contributed by atoms with E-state index in [0.29, 0.717) is 11.1 Å². The zero-order chi connectivity index (χ0) is 24.5. The smallest absolute Gasteiger partial charge is 0.335 e. The highest BCUT2D eigenvalue weighted by atomic mass is 16.4. The molecule has 0 bridgehead atoms. The van der Waals surface area contributed by atoms with Gasteiger partial charge in [0.05, 0.1) is 11.8 Å². The zero-order valence-electron chi connectivity index (χ0n) is 18.7. The third kappa shape index (κ3) is 6.64. The highest BCUT2D eigenvalue weighted by Gasteiger charge is 2.14. The third-order valence-corrected chi connectivity index (χ3v) is 4.79. The fraction of sp³-hybridized carbons (Fsp3) is 0.0769. The topological polar surface area (TPSA) is 111 Å². The van der Waals surface area contributed by atoms with Crippen molar-refractivity contribution in [3.05, 3.63) is 107 Å². The van der Waals surface area contributed by atoms with Gasteiger partial charge in [-0.25, -0.2) is 10.2 Å². The number of benzene rings is 3. The maximum absolute atomic E-state index is 12.8. The Balaban J connectivity index is 1.79. The molecular weight excluding hydrogens is 432 g/mol. The van der Waals surface area contributed by atoms with Gasteiger partial charge in [-0.3, -0.25) is 9.59 Å². The summed E-state index contributed by atoms with van der Waals surface area (Å²) < 4.78 is 0. The van der Waals surface area contributed by atoms with Crippen molar-refractivity contribution in [2.75, 3.05) is 19.0 Å². The lowest BCUT2D eigenvalue weighted by atomic mass is 10.1. The highest BCUT2D eigenvalue weighted by Crippen LogP contribution is 2.14. The van der Waals surface area contributed by atoms with E-state index in [0.717, 1.165) is 11.3 Å². The van der Waals surface area contributed by atoms with Gasteiger partial charge in [0, 0.05) is 25.3 Å². The molecule has 3 aromatic carbocycles. The second-order valence-electron chi connectivity index (χ2n) is 7.49. The molecule has 0 fully saturated rings. The Hall–Kier alpha value is -4.72. The summed E-state index contributed by atoms with van der Waals surface area (Å²) in [5.74, 6) is -2.07. The van der Waals surface area contributed by atoms with E-state index in [2.05, 4.69) is 15.8 Å². The lowest BCUT2D eigenvalue weighted by molar-refractivity contribution is -0.117. The minimum atomic E-state index is -1.03. The molecule has 34 heavy (non-hydrogen) atoms. The van der Waals surface area contributed by atoms with E-state index in [-0.39, 0.29) is 11.3 Å². The first kappa shape index (κ1) is 23.9. The maximum Gasteiger partial charge on any atom is 0.335 e. The summed E-state index contributed by atoms with van der Waals surface area (Å²) >= 11 is 0. The molecule has 172 valence electrons. The summed E-state index contributed by atoms with van der Waals surface area (Å²) in [5.41, 5.74) is 5.29. The van der Waals surface area contributed by atoms with Crippen LogP contribution in [0.25, 0.3) is 6.08 Å². The van der Waals surface area contributed by atoms with Crippen LogP contribution in [0.2, 0.25) is 0 Å². The monoisotopic (exact) mass is 456 g/mol. The number of hydrogen-bond donors (Lipinski definition) is 3. The largest absolute Gasteiger partial charge is 0.478 e. The van der Waals surface area contributed by atoms with E-state index < -0.39 is 17.8 Å². The van der Waals surface area contributed by atoms with Gasteiger partial charge in [-0.15, -0.1) is 0 Å². The van der Waals surface area contributed by atoms with Crippen LogP contribution in [0.4, 0.5) is 5.69 Å². The van der Waals surface area contributed by atoms with Crippen LogP contribution in [-0.2, 0) is 4.79 Å². The van der Waals surface area contributed by atoms with Crippen LogP contribution < -0.4 is 15.6 Å². The Kier molecular flexibility index (Phi) is 7.91. The molecule has 3 aromatic rings. The summed E-state index contributed by atoms with van der Waals surface area (Å²) in [6.07, 6.45) is 2.94. The zero-order valence-corrected chi connectivity index (χ0v) is 18.7. The van der Waals surface area contributed by atoms with Crippen molar-refractivity contribution < 1.29 is 19.5 Å². The van der Waals surface area contributed by atoms with Gasteiger partial charge in [-0.2, -0.15) is 5.10 Å². The first-order valence-electron chi connectivity index (χ1n) is 10.4. The van der Waals surface area contributed by atoms with Gasteiger partial charge in [0.2, 0.25) is 0 Å². The standard InChI is InChI=1S/C26H24N4O4/c1-30(2)22-14-10-18(11-15-22)16-23(28-24(31)20-6-4-3-5-7-20)25(32)29-27-17-19-8-12-21(13-9-19)26(33)34/h3-17H,1-2H3,(H,28,31)(H,29,32)(H,33,34). The van der Waals surface area contributed by atoms with Gasteiger partial charge < -0.3 is 15.3 Å². The summed E-state index contributed by atoms with van der Waals surface area (Å²) in [5, 5.41) is 15.5. The molecule has 2 amide bonds. The van der Waals surface area contributed by atoms with Gasteiger partial charge in [0.1, 0.15) is 5.70 Å². The Morgan fingerprint density at radius 2 is 1.44 bits per heavy atom. The summed E-state index contributed by atoms with van der Waals surface area (Å²) in [6.45, 7) is 0. The predicted molar refractivity (Wildman–Crippen MR) is 132 cm³/mol. The molecule has 0 unspecified atom stereocenters. The number of rotatable bonds is 8. The lowest BCUT2D eigenvalue weighted by Crippen LogP contribution is -2.32. The number of carbonyl (C=O) groups is 3. The molecule has 0 radical (unpaired) electrons. The van der Waals surface area contributed by atoms with Crippen molar-refractivity contribution in [1.29, 1.82) is 0 Å². The summed E-state index contributed by atoms with van der Waals surface area (Å²) in [6, 6.07) is 22.1. The Labute approximate surface area is 197 Å². The van der Waals surface area contributed by atoms with Crippen molar-refractivity contribution in [2.45, 2.75) is 0 Å². The number of carbonyl (C=O) groups excluding carboxylic acids is 2. The van der Waals surface area contributed by atoms with Crippen LogP contribution in [-0.4, -0.2) is 43.2 Å². The molecule has 0 aliphatic rings.